The van der Waals surface area contributed by atoms with Crippen molar-refractivity contribution in [2.45, 2.75) is 33.7 Å². The Kier molecular flexibility index (Phi) is 7.10. The first-order valence-corrected chi connectivity index (χ1v) is 11.4. The molecular formula is C27H29N5O3. The maximum atomic E-state index is 11.7. The quantitative estimate of drug-likeness (QED) is 0.367. The number of aromatic nitrogens is 3. The van der Waals surface area contributed by atoms with Gasteiger partial charge in [-0.3, -0.25) is 9.78 Å². The molecule has 4 aromatic rings. The van der Waals surface area contributed by atoms with Gasteiger partial charge in [-0.1, -0.05) is 6.07 Å². The summed E-state index contributed by atoms with van der Waals surface area (Å²) in [5.74, 6) is 2.71. The molecule has 0 aliphatic heterocycles. The Balaban J connectivity index is 1.56. The van der Waals surface area contributed by atoms with Crippen LogP contribution in [0.1, 0.15) is 25.1 Å². The summed E-state index contributed by atoms with van der Waals surface area (Å²) < 4.78 is 12.1. The van der Waals surface area contributed by atoms with Crippen LogP contribution in [-0.4, -0.2) is 45.5 Å². The lowest BCUT2D eigenvalue weighted by Gasteiger charge is -2.24. The number of benzene rings is 2. The predicted molar refractivity (Wildman–Crippen MR) is 136 cm³/mol. The van der Waals surface area contributed by atoms with Crippen LogP contribution in [0.25, 0.3) is 10.9 Å². The average Bonchev–Trinajstić information content (AvgIpc) is 2.85. The molecule has 0 bridgehead atoms. The van der Waals surface area contributed by atoms with Gasteiger partial charge in [-0.2, -0.15) is 0 Å². The number of rotatable bonds is 8. The number of nitrogens with zero attached hydrogens (tertiary/aromatic N) is 4. The van der Waals surface area contributed by atoms with Crippen LogP contribution < -0.4 is 14.8 Å². The molecule has 1 N–H and O–H groups in total. The molecule has 2 aromatic carbocycles. The third kappa shape index (κ3) is 5.66. The number of ether oxygens (including phenoxy) is 2. The maximum Gasteiger partial charge on any atom is 0.219 e. The summed E-state index contributed by atoms with van der Waals surface area (Å²) in [6.07, 6.45) is 3.24. The highest BCUT2D eigenvalue weighted by Gasteiger charge is 2.15. The molecule has 8 heteroatoms. The third-order valence-electron chi connectivity index (χ3n) is 5.81. The highest BCUT2D eigenvalue weighted by atomic mass is 16.5. The monoisotopic (exact) mass is 471 g/mol. The Labute approximate surface area is 205 Å². The molecule has 2 aromatic heterocycles. The van der Waals surface area contributed by atoms with Crippen LogP contribution in [0.3, 0.4) is 0 Å². The Morgan fingerprint density at radius 2 is 1.89 bits per heavy atom. The van der Waals surface area contributed by atoms with Crippen molar-refractivity contribution in [3.8, 4) is 17.2 Å². The molecule has 0 aliphatic carbocycles. The van der Waals surface area contributed by atoms with E-state index in [-0.39, 0.29) is 11.9 Å². The lowest BCUT2D eigenvalue weighted by molar-refractivity contribution is -0.129. The van der Waals surface area contributed by atoms with E-state index in [4.69, 9.17) is 9.47 Å². The number of fused-ring (bicyclic) bond motifs is 1. The Morgan fingerprint density at radius 1 is 1.06 bits per heavy atom. The summed E-state index contributed by atoms with van der Waals surface area (Å²) in [7, 11) is 1.76. The number of aryl methyl sites for hydroxylation is 2. The SMILES string of the molecule is CC(=O)N(C)C(C)COc1cccc2ncnc(Nc3ccc(Oc4ccc(C)nc4)c(C)c3)c12. The molecule has 8 nitrogen and oxygen atoms in total. The fourth-order valence-electron chi connectivity index (χ4n) is 3.55. The van der Waals surface area contributed by atoms with Crippen molar-refractivity contribution in [2.75, 3.05) is 19.0 Å². The molecule has 0 saturated carbocycles. The second-order valence-corrected chi connectivity index (χ2v) is 8.51. The zero-order valence-electron chi connectivity index (χ0n) is 20.6. The largest absolute Gasteiger partial charge is 0.491 e. The van der Waals surface area contributed by atoms with Crippen LogP contribution in [-0.2, 0) is 4.79 Å². The lowest BCUT2D eigenvalue weighted by atomic mass is 10.1. The summed E-state index contributed by atoms with van der Waals surface area (Å²) in [6, 6.07) is 15.3. The van der Waals surface area contributed by atoms with Crippen molar-refractivity contribution in [3.05, 3.63) is 72.3 Å². The summed E-state index contributed by atoms with van der Waals surface area (Å²) in [6.45, 7) is 7.76. The van der Waals surface area contributed by atoms with E-state index in [0.717, 1.165) is 33.6 Å². The summed E-state index contributed by atoms with van der Waals surface area (Å²) in [4.78, 5) is 26.5. The zero-order valence-corrected chi connectivity index (χ0v) is 20.6. The van der Waals surface area contributed by atoms with Crippen molar-refractivity contribution in [1.29, 1.82) is 0 Å². The van der Waals surface area contributed by atoms with Crippen molar-refractivity contribution in [2.24, 2.45) is 0 Å². The first-order chi connectivity index (χ1) is 16.8. The van der Waals surface area contributed by atoms with Gasteiger partial charge >= 0.3 is 0 Å². The number of anilines is 2. The minimum absolute atomic E-state index is 0.00820. The zero-order chi connectivity index (χ0) is 24.9. The normalized spacial score (nSPS) is 11.7. The molecular weight excluding hydrogens is 442 g/mol. The van der Waals surface area contributed by atoms with Crippen molar-refractivity contribution in [1.82, 2.24) is 19.9 Å². The van der Waals surface area contributed by atoms with Gasteiger partial charge in [-0.25, -0.2) is 9.97 Å². The Bertz CT molecular complexity index is 1340. The standard InChI is InChI=1S/C27H29N5O3/c1-17-13-21(10-12-24(17)35-22-11-9-18(2)28-14-22)31-27-26-23(29-16-30-27)7-6-8-25(26)34-15-19(3)32(5)20(4)33/h6-14,16,19H,15H2,1-5H3,(H,29,30,31). The van der Waals surface area contributed by atoms with Gasteiger partial charge in [0, 0.05) is 25.4 Å². The molecule has 1 unspecified atom stereocenters. The molecule has 0 spiro atoms. The number of carbonyl (C=O) groups is 1. The Morgan fingerprint density at radius 3 is 2.60 bits per heavy atom. The number of likely N-dealkylation sites (N-methyl/N-ethyl adjacent to an activating group) is 1. The van der Waals surface area contributed by atoms with Gasteiger partial charge in [-0.05, 0) is 68.8 Å². The number of carbonyl (C=O) groups excluding carboxylic acids is 1. The highest BCUT2D eigenvalue weighted by molar-refractivity contribution is 5.95. The van der Waals surface area contributed by atoms with Crippen LogP contribution in [0.15, 0.2) is 61.1 Å². The van der Waals surface area contributed by atoms with Crippen LogP contribution >= 0.6 is 0 Å². The van der Waals surface area contributed by atoms with Gasteiger partial charge in [0.25, 0.3) is 0 Å². The first kappa shape index (κ1) is 23.9. The van der Waals surface area contributed by atoms with E-state index in [1.807, 2.05) is 69.3 Å². The molecule has 1 atom stereocenters. The van der Waals surface area contributed by atoms with E-state index in [1.54, 1.807) is 25.1 Å². The second-order valence-electron chi connectivity index (χ2n) is 8.51. The highest BCUT2D eigenvalue weighted by Crippen LogP contribution is 2.33. The van der Waals surface area contributed by atoms with Gasteiger partial charge in [0.05, 0.1) is 23.1 Å². The molecule has 180 valence electrons. The molecule has 0 radical (unpaired) electrons. The van der Waals surface area contributed by atoms with Gasteiger partial charge in [0.1, 0.15) is 36.0 Å². The van der Waals surface area contributed by atoms with Crippen LogP contribution in [0.5, 0.6) is 17.2 Å². The molecule has 2 heterocycles. The number of pyridine rings is 1. The summed E-state index contributed by atoms with van der Waals surface area (Å²) >= 11 is 0. The fourth-order valence-corrected chi connectivity index (χ4v) is 3.55. The van der Waals surface area contributed by atoms with Crippen molar-refractivity contribution in [3.63, 3.8) is 0 Å². The maximum absolute atomic E-state index is 11.7. The number of amides is 1. The molecule has 35 heavy (non-hydrogen) atoms. The van der Waals surface area contributed by atoms with Gasteiger partial charge in [0.15, 0.2) is 0 Å². The fraction of sp³-hybridized carbons (Fsp3) is 0.259. The lowest BCUT2D eigenvalue weighted by Crippen LogP contribution is -2.37. The van der Waals surface area contributed by atoms with Crippen LogP contribution in [0.2, 0.25) is 0 Å². The van der Waals surface area contributed by atoms with Gasteiger partial charge < -0.3 is 19.7 Å². The van der Waals surface area contributed by atoms with E-state index in [2.05, 4.69) is 20.3 Å². The van der Waals surface area contributed by atoms with Crippen LogP contribution in [0.4, 0.5) is 11.5 Å². The third-order valence-corrected chi connectivity index (χ3v) is 5.81. The number of hydrogen-bond acceptors (Lipinski definition) is 7. The van der Waals surface area contributed by atoms with Gasteiger partial charge in [-0.15, -0.1) is 0 Å². The average molecular weight is 472 g/mol. The van der Waals surface area contributed by atoms with Crippen molar-refractivity contribution >= 4 is 28.3 Å². The van der Waals surface area contributed by atoms with Crippen LogP contribution in [0, 0.1) is 13.8 Å². The summed E-state index contributed by atoms with van der Waals surface area (Å²) in [5, 5.41) is 4.17. The molecule has 0 saturated heterocycles. The topological polar surface area (TPSA) is 89.5 Å². The first-order valence-electron chi connectivity index (χ1n) is 11.4. The van der Waals surface area contributed by atoms with Crippen molar-refractivity contribution < 1.29 is 14.3 Å². The molecule has 1 amide bonds. The second kappa shape index (κ2) is 10.4. The minimum Gasteiger partial charge on any atom is -0.491 e. The number of nitrogens with one attached hydrogen (secondary N) is 1. The minimum atomic E-state index is -0.0808. The van der Waals surface area contributed by atoms with E-state index < -0.39 is 0 Å². The summed E-state index contributed by atoms with van der Waals surface area (Å²) in [5.41, 5.74) is 3.52. The molecule has 4 rings (SSSR count). The molecule has 0 fully saturated rings. The number of hydrogen-bond donors (Lipinski definition) is 1. The van der Waals surface area contributed by atoms with E-state index in [0.29, 0.717) is 23.9 Å². The predicted octanol–water partition coefficient (Wildman–Crippen LogP) is 5.42. The Hall–Kier alpha value is -4.20. The smallest absolute Gasteiger partial charge is 0.219 e. The van der Waals surface area contributed by atoms with E-state index >= 15 is 0 Å². The van der Waals surface area contributed by atoms with Gasteiger partial charge in [0.2, 0.25) is 5.91 Å². The molecule has 0 aliphatic rings. The van der Waals surface area contributed by atoms with E-state index in [1.165, 1.54) is 6.33 Å². The van der Waals surface area contributed by atoms with E-state index in [9.17, 15) is 4.79 Å².